The smallest absolute Gasteiger partial charge is 0.430 e. The van der Waals surface area contributed by atoms with E-state index in [1.54, 1.807) is 0 Å². The van der Waals surface area contributed by atoms with Gasteiger partial charge in [0.1, 0.15) is 5.97 Å². The van der Waals surface area contributed by atoms with Gasteiger partial charge in [0.25, 0.3) is 0 Å². The van der Waals surface area contributed by atoms with Crippen LogP contribution >= 0.6 is 0 Å². The van der Waals surface area contributed by atoms with Gasteiger partial charge < -0.3 is 15.2 Å². The molecule has 2 aliphatic carbocycles. The van der Waals surface area contributed by atoms with Crippen LogP contribution in [0.3, 0.4) is 0 Å². The highest BCUT2D eigenvalue weighted by Gasteiger charge is 2.61. The van der Waals surface area contributed by atoms with Crippen molar-refractivity contribution in [1.82, 2.24) is 10.3 Å². The maximum atomic E-state index is 13.3. The van der Waals surface area contributed by atoms with Gasteiger partial charge in [-0.3, -0.25) is 4.79 Å². The molecule has 0 spiro atoms. The molecule has 2 fully saturated rings. The molecule has 0 aliphatic heterocycles. The van der Waals surface area contributed by atoms with E-state index in [0.717, 1.165) is 23.2 Å². The van der Waals surface area contributed by atoms with Gasteiger partial charge >= 0.3 is 17.9 Å². The maximum absolute atomic E-state index is 13.3. The second-order valence-electron chi connectivity index (χ2n) is 10.0. The van der Waals surface area contributed by atoms with Crippen LogP contribution in [-0.2, 0) is 4.79 Å². The lowest BCUT2D eigenvalue weighted by Crippen LogP contribution is -2.48. The molecule has 3 aromatic heterocycles. The third kappa shape index (κ3) is 4.26. The van der Waals surface area contributed by atoms with Gasteiger partial charge in [0.2, 0.25) is 0 Å². The van der Waals surface area contributed by atoms with Crippen molar-refractivity contribution in [2.24, 2.45) is 16.7 Å². The molecule has 3 heterocycles. The van der Waals surface area contributed by atoms with Gasteiger partial charge in [-0.25, -0.2) is 9.97 Å². The third-order valence-electron chi connectivity index (χ3n) is 8.15. The number of aliphatic carboxylic acids is 1. The van der Waals surface area contributed by atoms with Crippen LogP contribution in [0.1, 0.15) is 50.7 Å². The number of aromatic amines is 2. The summed E-state index contributed by atoms with van der Waals surface area (Å²) in [5.41, 5.74) is 3.45. The molecule has 2 saturated carbocycles. The zero-order chi connectivity index (χ0) is 25.6. The number of carbonyl (C=O) groups excluding carboxylic acids is 2. The van der Waals surface area contributed by atoms with Gasteiger partial charge in [-0.2, -0.15) is 17.6 Å². The molecule has 2 aliphatic rings. The van der Waals surface area contributed by atoms with E-state index >= 15 is 0 Å². The Balaban J connectivity index is 0.000000364. The fourth-order valence-electron chi connectivity index (χ4n) is 5.67. The number of amides is 1. The van der Waals surface area contributed by atoms with E-state index in [2.05, 4.69) is 36.1 Å². The maximum Gasteiger partial charge on any atom is 0.430 e. The van der Waals surface area contributed by atoms with Crippen LogP contribution in [0.5, 0.6) is 0 Å². The van der Waals surface area contributed by atoms with E-state index in [4.69, 9.17) is 9.90 Å². The number of H-pyrrole nitrogens is 2. The lowest BCUT2D eigenvalue weighted by atomic mass is 9.69. The third-order valence-corrected chi connectivity index (χ3v) is 8.15. The molecule has 1 amide bonds. The molecule has 0 saturated heterocycles. The Kier molecular flexibility index (Phi) is 6.11. The number of nitrogens with zero attached hydrogens (tertiary/aromatic N) is 1. The number of alkyl halides is 3. The zero-order valence-electron chi connectivity index (χ0n) is 19.7. The van der Waals surface area contributed by atoms with Gasteiger partial charge in [-0.05, 0) is 48.1 Å². The van der Waals surface area contributed by atoms with Gasteiger partial charge in [0.15, 0.2) is 23.6 Å². The van der Waals surface area contributed by atoms with E-state index < -0.39 is 12.1 Å². The number of carboxylic acid groups (broad SMARTS) is 1. The Morgan fingerprint density at radius 2 is 1.83 bits per heavy atom. The van der Waals surface area contributed by atoms with Crippen molar-refractivity contribution in [3.05, 3.63) is 54.7 Å². The monoisotopic (exact) mass is 489 g/mol. The summed E-state index contributed by atoms with van der Waals surface area (Å²) < 4.78 is 33.5. The first-order chi connectivity index (χ1) is 16.4. The number of aromatic nitrogens is 3. The minimum Gasteiger partial charge on any atom is -0.542 e. The summed E-state index contributed by atoms with van der Waals surface area (Å²) in [5, 5.41) is 12.2. The summed E-state index contributed by atoms with van der Waals surface area (Å²) in [5.74, 6) is -1.74. The molecule has 7 nitrogen and oxygen atoms in total. The molecule has 3 atom stereocenters. The first-order valence-electron chi connectivity index (χ1n) is 11.4. The van der Waals surface area contributed by atoms with E-state index in [9.17, 15) is 18.0 Å². The van der Waals surface area contributed by atoms with Crippen molar-refractivity contribution in [3.8, 4) is 11.3 Å². The average Bonchev–Trinajstić information content (AvgIpc) is 3.36. The number of nitrogens with one attached hydrogen (secondary N) is 3. The van der Waals surface area contributed by atoms with Crippen molar-refractivity contribution in [2.45, 2.75) is 52.3 Å². The van der Waals surface area contributed by atoms with E-state index in [1.807, 2.05) is 53.3 Å². The number of carbonyl (C=O) groups is 2. The Morgan fingerprint density at radius 1 is 1.17 bits per heavy atom. The highest BCUT2D eigenvalue weighted by molar-refractivity contribution is 5.91. The summed E-state index contributed by atoms with van der Waals surface area (Å²) in [6.07, 6.45) is 4.11. The lowest BCUT2D eigenvalue weighted by Gasteiger charge is -2.39. The Hall–Kier alpha value is -3.43. The summed E-state index contributed by atoms with van der Waals surface area (Å²) in [6.45, 7) is 7.11. The van der Waals surface area contributed by atoms with Crippen LogP contribution in [0.2, 0.25) is 0 Å². The first kappa shape index (κ1) is 24.7. The van der Waals surface area contributed by atoms with Crippen LogP contribution in [0, 0.1) is 16.7 Å². The molecular formula is C25H28F3N4O3+. The van der Waals surface area contributed by atoms with Crippen LogP contribution in [0.15, 0.2) is 48.9 Å². The molecule has 2 bridgehead atoms. The van der Waals surface area contributed by atoms with Gasteiger partial charge in [-0.1, -0.05) is 26.8 Å². The number of carboxylic acids is 1. The van der Waals surface area contributed by atoms with Crippen molar-refractivity contribution in [1.29, 1.82) is 0 Å². The van der Waals surface area contributed by atoms with Crippen LogP contribution in [0.25, 0.3) is 16.8 Å². The highest BCUT2D eigenvalue weighted by Crippen LogP contribution is 2.65. The number of fused-ring (bicyclic) bond motifs is 3. The Labute approximate surface area is 200 Å². The Morgan fingerprint density at radius 3 is 2.37 bits per heavy atom. The number of hydrogen-bond donors (Lipinski definition) is 2. The fourth-order valence-corrected chi connectivity index (χ4v) is 5.67. The van der Waals surface area contributed by atoms with E-state index in [0.29, 0.717) is 11.7 Å². The van der Waals surface area contributed by atoms with Crippen molar-refractivity contribution < 1.29 is 37.3 Å². The molecule has 186 valence electrons. The molecule has 0 radical (unpaired) electrons. The lowest BCUT2D eigenvalue weighted by molar-refractivity contribution is -0.514. The second kappa shape index (κ2) is 8.66. The Bertz CT molecular complexity index is 1260. The molecule has 1 unspecified atom stereocenters. The standard InChI is InChI=1S/C23H26N4O.C2HF3O2/c1-22(2)16-7-10-23(22,3)18(14-16)25-21(28)20-26-19(15-8-11-24-12-9-15)17-6-4-5-13-27(17)20;3-2(4,5)1(6)7/h4-6,8-9,11-13,16,18H,7,10,14H2,1-3H3,(H,25,28);(H,6,7)/p+1/t16?,18-,23-;/m0./s1. The molecule has 0 aromatic carbocycles. The normalized spacial score (nSPS) is 24.6. The minimum atomic E-state index is -5.19. The summed E-state index contributed by atoms with van der Waals surface area (Å²) in [4.78, 5) is 28.6. The number of halogens is 3. The average molecular weight is 490 g/mol. The molecule has 5 rings (SSSR count). The molecular weight excluding hydrogens is 461 g/mol. The summed E-state index contributed by atoms with van der Waals surface area (Å²) in [7, 11) is 0. The number of rotatable bonds is 3. The molecule has 3 N–H and O–H groups in total. The summed E-state index contributed by atoms with van der Waals surface area (Å²) >= 11 is 0. The minimum absolute atomic E-state index is 0.0236. The van der Waals surface area contributed by atoms with Crippen LogP contribution < -0.4 is 19.8 Å². The van der Waals surface area contributed by atoms with Gasteiger partial charge in [0, 0.05) is 23.7 Å². The van der Waals surface area contributed by atoms with E-state index in [1.165, 1.54) is 12.8 Å². The first-order valence-corrected chi connectivity index (χ1v) is 11.4. The number of imidazole rings is 1. The predicted molar refractivity (Wildman–Crippen MR) is 117 cm³/mol. The number of hydrogen-bond acceptors (Lipinski definition) is 3. The second-order valence-corrected chi connectivity index (χ2v) is 10.0. The topological polar surface area (TPSA) is 103 Å². The largest absolute Gasteiger partial charge is 0.542 e. The van der Waals surface area contributed by atoms with Gasteiger partial charge in [-0.15, -0.1) is 0 Å². The van der Waals surface area contributed by atoms with Crippen molar-refractivity contribution in [2.75, 3.05) is 0 Å². The number of pyridine rings is 2. The van der Waals surface area contributed by atoms with Crippen LogP contribution in [0.4, 0.5) is 13.2 Å². The van der Waals surface area contributed by atoms with E-state index in [-0.39, 0.29) is 22.8 Å². The predicted octanol–water partition coefficient (Wildman–Crippen LogP) is 2.48. The zero-order valence-corrected chi connectivity index (χ0v) is 19.7. The van der Waals surface area contributed by atoms with Crippen molar-refractivity contribution in [3.63, 3.8) is 0 Å². The fraction of sp³-hybridized carbons (Fsp3) is 0.440. The van der Waals surface area contributed by atoms with Crippen LogP contribution in [-0.4, -0.2) is 29.1 Å². The summed E-state index contributed by atoms with van der Waals surface area (Å²) in [6, 6.07) is 10.3. The van der Waals surface area contributed by atoms with Crippen molar-refractivity contribution >= 4 is 17.4 Å². The molecule has 10 heteroatoms. The molecule has 35 heavy (non-hydrogen) atoms. The highest BCUT2D eigenvalue weighted by atomic mass is 19.4. The SMILES string of the molecule is CC1(C)C2CC[C@@]1(C)[C@@H](NC(=O)c1[nH]c(-c3cc[nH+]cc3)c3cccc[n+]13)C2.O=C([O-])C(F)(F)F. The van der Waals surface area contributed by atoms with Gasteiger partial charge in [0.05, 0.1) is 6.20 Å². The molecule has 3 aromatic rings. The quantitative estimate of drug-likeness (QED) is 0.553.